The molecule has 128 valence electrons. The fourth-order valence-corrected chi connectivity index (χ4v) is 2.70. The highest BCUT2D eigenvalue weighted by molar-refractivity contribution is 5.77. The van der Waals surface area contributed by atoms with Crippen LogP contribution in [0.15, 0.2) is 28.8 Å². The van der Waals surface area contributed by atoms with E-state index in [1.165, 1.54) is 16.8 Å². The summed E-state index contributed by atoms with van der Waals surface area (Å²) in [5.41, 5.74) is 6.98. The van der Waals surface area contributed by atoms with Crippen LogP contribution in [0.2, 0.25) is 0 Å². The van der Waals surface area contributed by atoms with E-state index in [0.717, 1.165) is 24.8 Å². The van der Waals surface area contributed by atoms with Gasteiger partial charge in [0.25, 0.3) is 5.89 Å². The van der Waals surface area contributed by atoms with Crippen molar-refractivity contribution in [3.8, 4) is 0 Å². The molecule has 0 aliphatic heterocycles. The summed E-state index contributed by atoms with van der Waals surface area (Å²) in [5.74, 6) is 0.975. The molecule has 0 spiro atoms. The largest absolute Gasteiger partial charge is 0.332 e. The third-order valence-electron chi connectivity index (χ3n) is 4.36. The van der Waals surface area contributed by atoms with Gasteiger partial charge in [-0.3, -0.25) is 0 Å². The fourth-order valence-electron chi connectivity index (χ4n) is 2.70. The van der Waals surface area contributed by atoms with Gasteiger partial charge in [0.05, 0.1) is 5.54 Å². The second-order valence-electron chi connectivity index (χ2n) is 6.15. The number of tetrazole rings is 1. The maximum Gasteiger partial charge on any atom is 0.276 e. The third kappa shape index (κ3) is 2.82. The van der Waals surface area contributed by atoms with Crippen molar-refractivity contribution in [1.82, 2.24) is 30.3 Å². The standard InChI is InChI=1S/C16H16FN7O/c1-10-20-22-23-24(10)13(9-11-3-5-12(17)6-4-11)14-19-15(21-25-14)16(18)7-2-8-16/h3-6,9H,2,7-8,18H2,1H3/b13-9+. The van der Waals surface area contributed by atoms with Gasteiger partial charge in [-0.05, 0) is 60.4 Å². The van der Waals surface area contributed by atoms with Crippen molar-refractivity contribution in [3.63, 3.8) is 0 Å². The molecule has 0 saturated heterocycles. The van der Waals surface area contributed by atoms with Crippen molar-refractivity contribution in [1.29, 1.82) is 0 Å². The molecule has 1 saturated carbocycles. The number of hydrogen-bond acceptors (Lipinski definition) is 7. The Balaban J connectivity index is 1.78. The lowest BCUT2D eigenvalue weighted by Gasteiger charge is -2.34. The molecule has 1 fully saturated rings. The topological polar surface area (TPSA) is 109 Å². The summed E-state index contributed by atoms with van der Waals surface area (Å²) in [5, 5.41) is 15.5. The van der Waals surface area contributed by atoms with Crippen molar-refractivity contribution in [2.75, 3.05) is 0 Å². The van der Waals surface area contributed by atoms with E-state index in [1.54, 1.807) is 25.1 Å². The summed E-state index contributed by atoms with van der Waals surface area (Å²) in [6, 6.07) is 6.03. The van der Waals surface area contributed by atoms with E-state index in [1.807, 2.05) is 0 Å². The van der Waals surface area contributed by atoms with Gasteiger partial charge in [-0.2, -0.15) is 9.67 Å². The number of nitrogens with zero attached hydrogens (tertiary/aromatic N) is 6. The summed E-state index contributed by atoms with van der Waals surface area (Å²) >= 11 is 0. The minimum Gasteiger partial charge on any atom is -0.332 e. The SMILES string of the molecule is Cc1nnnn1/C(=C/c1ccc(F)cc1)c1nc(C2(N)CCC2)no1. The van der Waals surface area contributed by atoms with Crippen molar-refractivity contribution >= 4 is 11.8 Å². The number of aryl methyl sites for hydroxylation is 1. The van der Waals surface area contributed by atoms with Crippen LogP contribution in [0, 0.1) is 12.7 Å². The first kappa shape index (κ1) is 15.6. The van der Waals surface area contributed by atoms with Gasteiger partial charge in [0.15, 0.2) is 11.6 Å². The summed E-state index contributed by atoms with van der Waals surface area (Å²) in [4.78, 5) is 4.45. The van der Waals surface area contributed by atoms with Crippen LogP contribution in [0.4, 0.5) is 4.39 Å². The van der Waals surface area contributed by atoms with E-state index in [0.29, 0.717) is 17.3 Å². The minimum atomic E-state index is -0.529. The zero-order valence-electron chi connectivity index (χ0n) is 13.6. The first-order chi connectivity index (χ1) is 12.0. The molecular weight excluding hydrogens is 325 g/mol. The predicted molar refractivity (Wildman–Crippen MR) is 86.2 cm³/mol. The van der Waals surface area contributed by atoms with Crippen LogP contribution < -0.4 is 5.73 Å². The molecule has 0 atom stereocenters. The number of benzene rings is 1. The second kappa shape index (κ2) is 5.85. The lowest BCUT2D eigenvalue weighted by molar-refractivity contribution is 0.229. The highest BCUT2D eigenvalue weighted by Crippen LogP contribution is 2.37. The maximum atomic E-state index is 13.2. The van der Waals surface area contributed by atoms with Crippen LogP contribution in [0.25, 0.3) is 11.8 Å². The molecule has 2 aromatic heterocycles. The Hall–Kier alpha value is -2.94. The summed E-state index contributed by atoms with van der Waals surface area (Å²) in [7, 11) is 0. The Morgan fingerprint density at radius 1 is 1.32 bits per heavy atom. The summed E-state index contributed by atoms with van der Waals surface area (Å²) in [6.45, 7) is 1.76. The first-order valence-corrected chi connectivity index (χ1v) is 7.91. The molecular formula is C16H16FN7O. The maximum absolute atomic E-state index is 13.2. The Morgan fingerprint density at radius 3 is 2.68 bits per heavy atom. The quantitative estimate of drug-likeness (QED) is 0.772. The molecule has 0 unspecified atom stereocenters. The molecule has 0 bridgehead atoms. The van der Waals surface area contributed by atoms with E-state index >= 15 is 0 Å². The number of rotatable bonds is 4. The Morgan fingerprint density at radius 2 is 2.08 bits per heavy atom. The Bertz CT molecular complexity index is 924. The van der Waals surface area contributed by atoms with E-state index < -0.39 is 5.54 Å². The van der Waals surface area contributed by atoms with Gasteiger partial charge in [-0.1, -0.05) is 17.3 Å². The molecule has 9 heteroatoms. The van der Waals surface area contributed by atoms with Gasteiger partial charge >= 0.3 is 0 Å². The van der Waals surface area contributed by atoms with E-state index in [9.17, 15) is 4.39 Å². The van der Waals surface area contributed by atoms with Gasteiger partial charge in [0.2, 0.25) is 0 Å². The van der Waals surface area contributed by atoms with Gasteiger partial charge in [-0.15, -0.1) is 5.10 Å². The van der Waals surface area contributed by atoms with Crippen LogP contribution in [0.5, 0.6) is 0 Å². The molecule has 25 heavy (non-hydrogen) atoms. The number of halogens is 1. The molecule has 0 radical (unpaired) electrons. The second-order valence-corrected chi connectivity index (χ2v) is 6.15. The lowest BCUT2D eigenvalue weighted by atomic mass is 9.77. The molecule has 8 nitrogen and oxygen atoms in total. The van der Waals surface area contributed by atoms with E-state index in [2.05, 4.69) is 25.7 Å². The van der Waals surface area contributed by atoms with E-state index in [4.69, 9.17) is 10.3 Å². The molecule has 1 aliphatic rings. The number of aromatic nitrogens is 6. The van der Waals surface area contributed by atoms with Crippen molar-refractivity contribution in [2.24, 2.45) is 5.73 Å². The zero-order chi connectivity index (χ0) is 17.4. The fraction of sp³-hybridized carbons (Fsp3) is 0.312. The molecule has 2 heterocycles. The van der Waals surface area contributed by atoms with Crippen molar-refractivity contribution in [3.05, 3.63) is 53.2 Å². The van der Waals surface area contributed by atoms with Crippen molar-refractivity contribution in [2.45, 2.75) is 31.7 Å². The third-order valence-corrected chi connectivity index (χ3v) is 4.36. The van der Waals surface area contributed by atoms with Crippen LogP contribution in [0.3, 0.4) is 0 Å². The zero-order valence-corrected chi connectivity index (χ0v) is 13.6. The van der Waals surface area contributed by atoms with Gasteiger partial charge in [0, 0.05) is 0 Å². The summed E-state index contributed by atoms with van der Waals surface area (Å²) in [6.07, 6.45) is 4.45. The Kier molecular flexibility index (Phi) is 3.65. The van der Waals surface area contributed by atoms with Gasteiger partial charge in [-0.25, -0.2) is 4.39 Å². The minimum absolute atomic E-state index is 0.256. The van der Waals surface area contributed by atoms with Crippen LogP contribution >= 0.6 is 0 Å². The average Bonchev–Trinajstić information content (AvgIpc) is 3.22. The average molecular weight is 341 g/mol. The molecule has 1 aromatic carbocycles. The molecule has 0 amide bonds. The van der Waals surface area contributed by atoms with Crippen molar-refractivity contribution < 1.29 is 8.91 Å². The molecule has 2 N–H and O–H groups in total. The smallest absolute Gasteiger partial charge is 0.276 e. The summed E-state index contributed by atoms with van der Waals surface area (Å²) < 4.78 is 20.1. The normalized spacial score (nSPS) is 16.7. The van der Waals surface area contributed by atoms with E-state index in [-0.39, 0.29) is 11.7 Å². The van der Waals surface area contributed by atoms with Crippen LogP contribution in [0.1, 0.15) is 42.4 Å². The van der Waals surface area contributed by atoms with Gasteiger partial charge < -0.3 is 10.3 Å². The number of nitrogens with two attached hydrogens (primary N) is 1. The highest BCUT2D eigenvalue weighted by Gasteiger charge is 2.39. The van der Waals surface area contributed by atoms with Crippen LogP contribution in [-0.2, 0) is 5.54 Å². The first-order valence-electron chi connectivity index (χ1n) is 7.91. The molecule has 4 rings (SSSR count). The molecule has 3 aromatic rings. The van der Waals surface area contributed by atoms with Crippen LogP contribution in [-0.4, -0.2) is 30.3 Å². The number of hydrogen-bond donors (Lipinski definition) is 1. The van der Waals surface area contributed by atoms with Gasteiger partial charge in [0.1, 0.15) is 11.5 Å². The Labute approximate surface area is 142 Å². The lowest BCUT2D eigenvalue weighted by Crippen LogP contribution is -2.44. The predicted octanol–water partition coefficient (Wildman–Crippen LogP) is 1.89. The highest BCUT2D eigenvalue weighted by atomic mass is 19.1. The molecule has 1 aliphatic carbocycles. The monoisotopic (exact) mass is 341 g/mol.